The van der Waals surface area contributed by atoms with Gasteiger partial charge in [-0.1, -0.05) is 30.3 Å². The molecule has 2 fully saturated rings. The highest BCUT2D eigenvalue weighted by atomic mass is 16.2. The first kappa shape index (κ1) is 20.3. The van der Waals surface area contributed by atoms with Crippen LogP contribution in [0.15, 0.2) is 55.6 Å². The lowest BCUT2D eigenvalue weighted by Gasteiger charge is -2.41. The standard InChI is InChI=1S/C24H28N4O2/c1-2-10-27-23(30)24(8-11-28(12-9-24)22(29)19-6-7-19)14-18-4-3-5-20(13-18)21-15-25-17-26-16-21/h2-5,13,15-17,19H,1,6-12,14H2,(H,27,30). The van der Waals surface area contributed by atoms with Crippen molar-refractivity contribution in [3.05, 3.63) is 61.2 Å². The Morgan fingerprint density at radius 3 is 2.57 bits per heavy atom. The van der Waals surface area contributed by atoms with E-state index in [1.807, 2.05) is 17.0 Å². The number of hydrogen-bond acceptors (Lipinski definition) is 4. The Labute approximate surface area is 177 Å². The number of hydrogen-bond donors (Lipinski definition) is 1. The van der Waals surface area contributed by atoms with E-state index in [1.165, 1.54) is 6.33 Å². The lowest BCUT2D eigenvalue weighted by molar-refractivity contribution is -0.141. The fourth-order valence-corrected chi connectivity index (χ4v) is 4.28. The summed E-state index contributed by atoms with van der Waals surface area (Å²) in [5, 5.41) is 3.01. The molecule has 1 saturated carbocycles. The second kappa shape index (κ2) is 8.78. The molecule has 6 heteroatoms. The minimum Gasteiger partial charge on any atom is -0.352 e. The molecule has 2 amide bonds. The Hall–Kier alpha value is -3.02. The fraction of sp³-hybridized carbons (Fsp3) is 0.417. The summed E-state index contributed by atoms with van der Waals surface area (Å²) in [5.74, 6) is 0.535. The van der Waals surface area contributed by atoms with E-state index in [9.17, 15) is 9.59 Å². The lowest BCUT2D eigenvalue weighted by Crippen LogP contribution is -2.51. The second-order valence-electron chi connectivity index (χ2n) is 8.38. The summed E-state index contributed by atoms with van der Waals surface area (Å²) >= 11 is 0. The number of nitrogens with zero attached hydrogens (tertiary/aromatic N) is 3. The Balaban J connectivity index is 1.54. The SMILES string of the molecule is C=CCNC(=O)C1(Cc2cccc(-c3cncnc3)c2)CCN(C(=O)C2CC2)CC1. The van der Waals surface area contributed by atoms with E-state index in [0.29, 0.717) is 38.9 Å². The molecule has 30 heavy (non-hydrogen) atoms. The highest BCUT2D eigenvalue weighted by Gasteiger charge is 2.44. The maximum absolute atomic E-state index is 13.2. The third kappa shape index (κ3) is 4.42. The topological polar surface area (TPSA) is 75.2 Å². The zero-order valence-corrected chi connectivity index (χ0v) is 17.2. The van der Waals surface area contributed by atoms with Gasteiger partial charge in [-0.25, -0.2) is 9.97 Å². The molecular weight excluding hydrogens is 376 g/mol. The van der Waals surface area contributed by atoms with Crippen LogP contribution in [0.5, 0.6) is 0 Å². The zero-order valence-electron chi connectivity index (χ0n) is 17.2. The van der Waals surface area contributed by atoms with Crippen LogP contribution in [-0.2, 0) is 16.0 Å². The summed E-state index contributed by atoms with van der Waals surface area (Å²) in [6, 6.07) is 8.23. The average Bonchev–Trinajstić information content (AvgIpc) is 3.64. The van der Waals surface area contributed by atoms with Gasteiger partial charge in [0.15, 0.2) is 0 Å². The molecule has 2 heterocycles. The Morgan fingerprint density at radius 1 is 1.17 bits per heavy atom. The highest BCUT2D eigenvalue weighted by Crippen LogP contribution is 2.39. The Kier molecular flexibility index (Phi) is 5.93. The summed E-state index contributed by atoms with van der Waals surface area (Å²) in [6.07, 6.45) is 10.8. The molecule has 4 rings (SSSR count). The fourth-order valence-electron chi connectivity index (χ4n) is 4.28. The summed E-state index contributed by atoms with van der Waals surface area (Å²) in [5.41, 5.74) is 2.58. The highest BCUT2D eigenvalue weighted by molar-refractivity contribution is 5.85. The molecule has 2 aliphatic rings. The van der Waals surface area contributed by atoms with Crippen LogP contribution in [0.4, 0.5) is 0 Å². The molecular formula is C24H28N4O2. The van der Waals surface area contributed by atoms with E-state index in [2.05, 4.69) is 34.0 Å². The number of benzene rings is 1. The van der Waals surface area contributed by atoms with Gasteiger partial charge in [0.25, 0.3) is 0 Å². The number of rotatable bonds is 7. The average molecular weight is 405 g/mol. The van der Waals surface area contributed by atoms with Crippen LogP contribution >= 0.6 is 0 Å². The largest absolute Gasteiger partial charge is 0.352 e. The molecule has 0 unspecified atom stereocenters. The normalized spacial score (nSPS) is 17.9. The van der Waals surface area contributed by atoms with Gasteiger partial charge in [-0.3, -0.25) is 9.59 Å². The summed E-state index contributed by atoms with van der Waals surface area (Å²) in [6.45, 7) is 5.45. The van der Waals surface area contributed by atoms with Crippen molar-refractivity contribution in [3.8, 4) is 11.1 Å². The second-order valence-corrected chi connectivity index (χ2v) is 8.38. The third-order valence-corrected chi connectivity index (χ3v) is 6.21. The van der Waals surface area contributed by atoms with Crippen molar-refractivity contribution < 1.29 is 9.59 Å². The quantitative estimate of drug-likeness (QED) is 0.720. The van der Waals surface area contributed by atoms with Gasteiger partial charge in [0.2, 0.25) is 11.8 Å². The first-order chi connectivity index (χ1) is 14.6. The monoisotopic (exact) mass is 404 g/mol. The number of carbonyl (C=O) groups is 2. The number of piperidine rings is 1. The molecule has 0 bridgehead atoms. The maximum Gasteiger partial charge on any atom is 0.226 e. The number of likely N-dealkylation sites (tertiary alicyclic amines) is 1. The maximum atomic E-state index is 13.2. The molecule has 1 saturated heterocycles. The van der Waals surface area contributed by atoms with E-state index < -0.39 is 5.41 Å². The molecule has 1 aliphatic heterocycles. The number of nitrogens with one attached hydrogen (secondary N) is 1. The van der Waals surface area contributed by atoms with Crippen LogP contribution in [0.2, 0.25) is 0 Å². The number of aromatic nitrogens is 2. The van der Waals surface area contributed by atoms with Gasteiger partial charge in [-0.05, 0) is 43.2 Å². The lowest BCUT2D eigenvalue weighted by atomic mass is 9.72. The van der Waals surface area contributed by atoms with Crippen LogP contribution < -0.4 is 5.32 Å². The van der Waals surface area contributed by atoms with E-state index in [-0.39, 0.29) is 17.7 Å². The first-order valence-corrected chi connectivity index (χ1v) is 10.6. The van der Waals surface area contributed by atoms with Gasteiger partial charge in [0.05, 0.1) is 5.41 Å². The molecule has 1 aromatic carbocycles. The predicted molar refractivity (Wildman–Crippen MR) is 115 cm³/mol. The zero-order chi connectivity index (χ0) is 21.0. The first-order valence-electron chi connectivity index (χ1n) is 10.6. The molecule has 1 aliphatic carbocycles. The Bertz CT molecular complexity index is 916. The van der Waals surface area contributed by atoms with Crippen LogP contribution in [0.1, 0.15) is 31.2 Å². The number of amides is 2. The van der Waals surface area contributed by atoms with Crippen molar-refractivity contribution in [2.75, 3.05) is 19.6 Å². The number of carbonyl (C=O) groups excluding carboxylic acids is 2. The molecule has 156 valence electrons. The van der Waals surface area contributed by atoms with Gasteiger partial charge in [0.1, 0.15) is 6.33 Å². The van der Waals surface area contributed by atoms with E-state index in [1.54, 1.807) is 18.5 Å². The third-order valence-electron chi connectivity index (χ3n) is 6.21. The van der Waals surface area contributed by atoms with Gasteiger partial charge < -0.3 is 10.2 Å². The van der Waals surface area contributed by atoms with Crippen molar-refractivity contribution in [2.24, 2.45) is 11.3 Å². The molecule has 6 nitrogen and oxygen atoms in total. The van der Waals surface area contributed by atoms with Crippen molar-refractivity contribution in [2.45, 2.75) is 32.1 Å². The van der Waals surface area contributed by atoms with Gasteiger partial charge in [-0.15, -0.1) is 6.58 Å². The van der Waals surface area contributed by atoms with Crippen molar-refractivity contribution in [1.29, 1.82) is 0 Å². The van der Waals surface area contributed by atoms with Crippen LogP contribution in [0.25, 0.3) is 11.1 Å². The van der Waals surface area contributed by atoms with Crippen molar-refractivity contribution in [3.63, 3.8) is 0 Å². The van der Waals surface area contributed by atoms with Crippen LogP contribution in [0, 0.1) is 11.3 Å². The van der Waals surface area contributed by atoms with Gasteiger partial charge in [-0.2, -0.15) is 0 Å². The summed E-state index contributed by atoms with van der Waals surface area (Å²) in [4.78, 5) is 35.8. The summed E-state index contributed by atoms with van der Waals surface area (Å²) in [7, 11) is 0. The van der Waals surface area contributed by atoms with E-state index in [4.69, 9.17) is 0 Å². The van der Waals surface area contributed by atoms with Gasteiger partial charge in [0, 0.05) is 43.5 Å². The Morgan fingerprint density at radius 2 is 1.90 bits per heavy atom. The predicted octanol–water partition coefficient (Wildman–Crippen LogP) is 3.01. The van der Waals surface area contributed by atoms with Crippen LogP contribution in [0.3, 0.4) is 0 Å². The van der Waals surface area contributed by atoms with E-state index in [0.717, 1.165) is 29.5 Å². The molecule has 0 spiro atoms. The molecule has 0 atom stereocenters. The molecule has 2 aromatic rings. The minimum absolute atomic E-state index is 0.0503. The molecule has 0 radical (unpaired) electrons. The van der Waals surface area contributed by atoms with E-state index >= 15 is 0 Å². The molecule has 1 aromatic heterocycles. The van der Waals surface area contributed by atoms with Gasteiger partial charge >= 0.3 is 0 Å². The molecule has 1 N–H and O–H groups in total. The van der Waals surface area contributed by atoms with Crippen LogP contribution in [-0.4, -0.2) is 46.3 Å². The van der Waals surface area contributed by atoms with Crippen molar-refractivity contribution >= 4 is 11.8 Å². The van der Waals surface area contributed by atoms with Crippen molar-refractivity contribution in [1.82, 2.24) is 20.2 Å². The summed E-state index contributed by atoms with van der Waals surface area (Å²) < 4.78 is 0. The smallest absolute Gasteiger partial charge is 0.226 e. The minimum atomic E-state index is -0.519.